The molecule has 0 aromatic carbocycles. The van der Waals surface area contributed by atoms with E-state index in [1.807, 2.05) is 0 Å². The summed E-state index contributed by atoms with van der Waals surface area (Å²) in [5.74, 6) is -0.519. The van der Waals surface area contributed by atoms with Crippen molar-refractivity contribution in [3.8, 4) is 0 Å². The zero-order valence-electron chi connectivity index (χ0n) is 8.05. The number of rotatable bonds is 1. The summed E-state index contributed by atoms with van der Waals surface area (Å²) in [5.41, 5.74) is -0.959. The van der Waals surface area contributed by atoms with Gasteiger partial charge in [0.25, 0.3) is 0 Å². The minimum atomic E-state index is -4.47. The van der Waals surface area contributed by atoms with Crippen molar-refractivity contribution in [2.75, 3.05) is 0 Å². The smallest absolute Gasteiger partial charge is 0.273 e. The highest BCUT2D eigenvalue weighted by Crippen LogP contribution is 2.30. The Morgan fingerprint density at radius 1 is 1.27 bits per heavy atom. The van der Waals surface area contributed by atoms with Crippen molar-refractivity contribution in [3.05, 3.63) is 0 Å². The first-order chi connectivity index (χ1) is 6.98. The summed E-state index contributed by atoms with van der Waals surface area (Å²) < 4.78 is 36.9. The lowest BCUT2D eigenvalue weighted by molar-refractivity contribution is -0.130. The molecule has 0 N–H and O–H groups in total. The lowest BCUT2D eigenvalue weighted by Crippen LogP contribution is -2.30. The van der Waals surface area contributed by atoms with Crippen molar-refractivity contribution in [2.45, 2.75) is 44.3 Å². The maximum atomic E-state index is 12.3. The van der Waals surface area contributed by atoms with Crippen molar-refractivity contribution in [1.29, 1.82) is 0 Å². The zero-order chi connectivity index (χ0) is 11.1. The fourth-order valence-electron chi connectivity index (χ4n) is 2.04. The molecule has 6 heteroatoms. The first-order valence-electron chi connectivity index (χ1n) is 4.95. The summed E-state index contributed by atoms with van der Waals surface area (Å²) in [5, 5.41) is 4.44. The summed E-state index contributed by atoms with van der Waals surface area (Å²) in [7, 11) is 0. The Hall–Kier alpha value is -1.07. The zero-order valence-corrected chi connectivity index (χ0v) is 8.05. The lowest BCUT2D eigenvalue weighted by atomic mass is 10.2. The van der Waals surface area contributed by atoms with Crippen molar-refractivity contribution in [1.82, 2.24) is 5.01 Å². The third-order valence-electron chi connectivity index (χ3n) is 2.80. The average molecular weight is 220 g/mol. The molecule has 2 aliphatic rings. The van der Waals surface area contributed by atoms with Crippen LogP contribution in [-0.4, -0.2) is 28.8 Å². The number of amides is 1. The minimum absolute atomic E-state index is 0.114. The van der Waals surface area contributed by atoms with Crippen LogP contribution >= 0.6 is 0 Å². The van der Waals surface area contributed by atoms with Gasteiger partial charge in [0.15, 0.2) is 5.71 Å². The van der Waals surface area contributed by atoms with Gasteiger partial charge in [0.05, 0.1) is 12.5 Å². The van der Waals surface area contributed by atoms with Crippen LogP contribution in [0.4, 0.5) is 13.2 Å². The Balaban J connectivity index is 2.13. The van der Waals surface area contributed by atoms with E-state index in [1.54, 1.807) is 0 Å². The van der Waals surface area contributed by atoms with E-state index < -0.39 is 24.2 Å². The van der Waals surface area contributed by atoms with Gasteiger partial charge in [0.1, 0.15) is 0 Å². The van der Waals surface area contributed by atoms with Gasteiger partial charge in [0, 0.05) is 0 Å². The van der Waals surface area contributed by atoms with Crippen LogP contribution in [0.2, 0.25) is 0 Å². The Kier molecular flexibility index (Phi) is 2.44. The molecule has 84 valence electrons. The Morgan fingerprint density at radius 2 is 1.87 bits per heavy atom. The molecular weight excluding hydrogens is 209 g/mol. The van der Waals surface area contributed by atoms with Crippen LogP contribution in [0.3, 0.4) is 0 Å². The summed E-state index contributed by atoms with van der Waals surface area (Å²) >= 11 is 0. The number of hydrogen-bond donors (Lipinski definition) is 0. The van der Waals surface area contributed by atoms with E-state index in [0.29, 0.717) is 0 Å². The molecular formula is C9H11F3N2O. The molecule has 0 saturated heterocycles. The molecule has 2 rings (SSSR count). The number of hydrazone groups is 1. The van der Waals surface area contributed by atoms with Crippen molar-refractivity contribution < 1.29 is 18.0 Å². The van der Waals surface area contributed by atoms with Gasteiger partial charge in [-0.1, -0.05) is 12.8 Å². The first kappa shape index (κ1) is 10.4. The first-order valence-corrected chi connectivity index (χ1v) is 4.95. The Labute approximate surface area is 84.9 Å². The maximum Gasteiger partial charge on any atom is 0.431 e. The second-order valence-electron chi connectivity index (χ2n) is 3.90. The number of carbonyl (C=O) groups excluding carboxylic acids is 1. The molecule has 0 atom stereocenters. The second-order valence-corrected chi connectivity index (χ2v) is 3.90. The maximum absolute atomic E-state index is 12.3. The van der Waals surface area contributed by atoms with Crippen molar-refractivity contribution >= 4 is 11.6 Å². The molecule has 0 aromatic rings. The molecule has 3 nitrogen and oxygen atoms in total. The van der Waals surface area contributed by atoms with Gasteiger partial charge in [-0.05, 0) is 12.8 Å². The topological polar surface area (TPSA) is 32.7 Å². The van der Waals surface area contributed by atoms with Gasteiger partial charge in [-0.3, -0.25) is 4.79 Å². The molecule has 1 aliphatic carbocycles. The molecule has 15 heavy (non-hydrogen) atoms. The van der Waals surface area contributed by atoms with E-state index in [2.05, 4.69) is 5.10 Å². The monoisotopic (exact) mass is 220 g/mol. The number of carbonyl (C=O) groups is 1. The highest BCUT2D eigenvalue weighted by atomic mass is 19.4. The molecule has 1 heterocycles. The van der Waals surface area contributed by atoms with Gasteiger partial charge in [0.2, 0.25) is 5.91 Å². The molecule has 0 radical (unpaired) electrons. The lowest BCUT2D eigenvalue weighted by Gasteiger charge is -2.18. The van der Waals surface area contributed by atoms with Crippen LogP contribution in [0, 0.1) is 0 Å². The fraction of sp³-hybridized carbons (Fsp3) is 0.778. The third kappa shape index (κ3) is 1.98. The normalized spacial score (nSPS) is 23.8. The molecule has 1 saturated carbocycles. The summed E-state index contributed by atoms with van der Waals surface area (Å²) in [6, 6.07) is -0.114. The quantitative estimate of drug-likeness (QED) is 0.665. The highest BCUT2D eigenvalue weighted by molar-refractivity contribution is 6.07. The van der Waals surface area contributed by atoms with E-state index in [1.165, 1.54) is 0 Å². The van der Waals surface area contributed by atoms with E-state index in [9.17, 15) is 18.0 Å². The molecule has 1 fully saturated rings. The van der Waals surface area contributed by atoms with Gasteiger partial charge in [-0.25, -0.2) is 5.01 Å². The van der Waals surface area contributed by atoms with Crippen LogP contribution in [0.1, 0.15) is 32.1 Å². The van der Waals surface area contributed by atoms with E-state index in [4.69, 9.17) is 0 Å². The molecule has 0 spiro atoms. The number of halogens is 3. The van der Waals surface area contributed by atoms with Gasteiger partial charge in [-0.15, -0.1) is 0 Å². The summed E-state index contributed by atoms with van der Waals surface area (Å²) in [6.45, 7) is 0. The van der Waals surface area contributed by atoms with Crippen LogP contribution in [0.15, 0.2) is 5.10 Å². The molecule has 0 bridgehead atoms. The third-order valence-corrected chi connectivity index (χ3v) is 2.80. The van der Waals surface area contributed by atoms with Gasteiger partial charge >= 0.3 is 6.18 Å². The number of nitrogens with zero attached hydrogens (tertiary/aromatic N) is 2. The number of alkyl halides is 3. The van der Waals surface area contributed by atoms with Crippen LogP contribution < -0.4 is 0 Å². The van der Waals surface area contributed by atoms with Gasteiger partial charge in [-0.2, -0.15) is 18.3 Å². The molecule has 0 aromatic heterocycles. The standard InChI is InChI=1S/C9H11F3N2O/c10-9(11,12)7-5-8(15)14(13-7)6-3-1-2-4-6/h6H,1-5H2. The van der Waals surface area contributed by atoms with E-state index in [0.717, 1.165) is 30.7 Å². The summed E-state index contributed by atoms with van der Waals surface area (Å²) in [4.78, 5) is 11.3. The SMILES string of the molecule is O=C1CC(C(F)(F)F)=NN1C1CCCC1. The Morgan fingerprint density at radius 3 is 2.33 bits per heavy atom. The number of hydrogen-bond acceptors (Lipinski definition) is 2. The van der Waals surface area contributed by atoms with Crippen molar-refractivity contribution in [2.24, 2.45) is 5.10 Å². The Bertz CT molecular complexity index is 305. The highest BCUT2D eigenvalue weighted by Gasteiger charge is 2.44. The van der Waals surface area contributed by atoms with E-state index >= 15 is 0 Å². The van der Waals surface area contributed by atoms with Crippen molar-refractivity contribution in [3.63, 3.8) is 0 Å². The average Bonchev–Trinajstić information content (AvgIpc) is 2.69. The minimum Gasteiger partial charge on any atom is -0.273 e. The van der Waals surface area contributed by atoms with Crippen LogP contribution in [0.5, 0.6) is 0 Å². The fourth-order valence-corrected chi connectivity index (χ4v) is 2.04. The van der Waals surface area contributed by atoms with Crippen LogP contribution in [-0.2, 0) is 4.79 Å². The second kappa shape index (κ2) is 3.50. The van der Waals surface area contributed by atoms with Crippen LogP contribution in [0.25, 0.3) is 0 Å². The summed E-state index contributed by atoms with van der Waals surface area (Å²) in [6.07, 6.45) is -1.61. The van der Waals surface area contributed by atoms with E-state index in [-0.39, 0.29) is 6.04 Å². The predicted octanol–water partition coefficient (Wildman–Crippen LogP) is 2.08. The van der Waals surface area contributed by atoms with Gasteiger partial charge < -0.3 is 0 Å². The molecule has 1 amide bonds. The molecule has 0 unspecified atom stereocenters. The largest absolute Gasteiger partial charge is 0.431 e. The molecule has 1 aliphatic heterocycles. The predicted molar refractivity (Wildman–Crippen MR) is 47.2 cm³/mol.